The van der Waals surface area contributed by atoms with Crippen LogP contribution in [0, 0.1) is 23.0 Å². The van der Waals surface area contributed by atoms with Crippen LogP contribution >= 0.6 is 18.7 Å². The van der Waals surface area contributed by atoms with Gasteiger partial charge in [0.25, 0.3) is 0 Å². The number of ether oxygens (including phenoxy) is 2. The summed E-state index contributed by atoms with van der Waals surface area (Å²) in [4.78, 5) is 51.3. The number of thiazole rings is 1. The normalized spacial score (nSPS) is 21.6. The fraction of sp³-hybridized carbons (Fsp3) is 0.476. The number of aromatic nitrogens is 2. The highest BCUT2D eigenvalue weighted by molar-refractivity contribution is 7.89. The molecule has 6 rings (SSSR count). The predicted molar refractivity (Wildman–Crippen MR) is 233 cm³/mol. The van der Waals surface area contributed by atoms with E-state index in [4.69, 9.17) is 14.5 Å². The van der Waals surface area contributed by atoms with E-state index in [9.17, 15) is 49.4 Å². The Morgan fingerprint density at radius 2 is 1.80 bits per heavy atom. The molecule has 2 fully saturated rings. The molecule has 0 bridgehead atoms. The summed E-state index contributed by atoms with van der Waals surface area (Å²) in [6.07, 6.45) is -7.60. The lowest BCUT2D eigenvalue weighted by molar-refractivity contribution is -0.141. The maximum atomic E-state index is 14.8. The first kappa shape index (κ1) is 48.8. The molecule has 3 heterocycles. The highest BCUT2D eigenvalue weighted by Gasteiger charge is 2.66. The SMILES string of the molecule is C=C[C@@H]1C[C@]1(NC(=O)[C@@H]1C[C@@H](Oc2cc(-c3csc(NC(C)C)n3)nc3cc(OC)ccc23)CN1C(=O)[C@@H](NS(=O)(=O)CCC(F)(F)F)C(C)(C)C)P(=O)(O)Cc1c(F)cccc1F. The van der Waals surface area contributed by atoms with Gasteiger partial charge in [0.15, 0.2) is 5.13 Å². The van der Waals surface area contributed by atoms with Gasteiger partial charge in [0.2, 0.25) is 29.2 Å². The number of amides is 2. The molecule has 1 unspecified atom stereocenters. The summed E-state index contributed by atoms with van der Waals surface area (Å²) >= 11 is 1.36. The van der Waals surface area contributed by atoms with E-state index in [1.54, 1.807) is 29.6 Å². The van der Waals surface area contributed by atoms with E-state index in [0.29, 0.717) is 33.2 Å². The number of carbonyl (C=O) groups is 2. The van der Waals surface area contributed by atoms with E-state index in [1.807, 2.05) is 13.8 Å². The fourth-order valence-electron chi connectivity index (χ4n) is 7.57. The highest BCUT2D eigenvalue weighted by Crippen LogP contribution is 2.71. The van der Waals surface area contributed by atoms with Crippen molar-refractivity contribution >= 4 is 56.6 Å². The van der Waals surface area contributed by atoms with Gasteiger partial charge in [0.05, 0.1) is 43.2 Å². The van der Waals surface area contributed by atoms with E-state index in [2.05, 4.69) is 26.9 Å². The molecule has 14 nitrogen and oxygen atoms in total. The number of methoxy groups -OCH3 is 1. The Morgan fingerprint density at radius 3 is 2.39 bits per heavy atom. The quantitative estimate of drug-likeness (QED) is 0.0464. The summed E-state index contributed by atoms with van der Waals surface area (Å²) in [6, 6.07) is 6.49. The van der Waals surface area contributed by atoms with Crippen LogP contribution in [0.3, 0.4) is 0 Å². The van der Waals surface area contributed by atoms with Crippen molar-refractivity contribution in [2.45, 2.75) is 95.7 Å². The molecule has 4 N–H and O–H groups in total. The second-order valence-corrected chi connectivity index (χ2v) is 22.6. The Kier molecular flexibility index (Phi) is 13.9. The first-order valence-corrected chi connectivity index (χ1v) is 24.6. The minimum atomic E-state index is -4.82. The largest absolute Gasteiger partial charge is 0.497 e. The zero-order chi connectivity index (χ0) is 47.2. The highest BCUT2D eigenvalue weighted by atomic mass is 32.2. The number of sulfonamides is 1. The standard InChI is InChI=1S/C42H50F5N6O8PS2/c1-8-24-19-41(24,62(56,57)21-28-29(43)10-9-11-30(28)44)51-37(54)34-17-26(20-53(34)38(55)36(40(4,5)6)52-64(58,59)15-14-42(45,46)47)61-35-18-32(33-22-63-39(50-33)48-23(2)3)49-31-16-25(60-7)12-13-27(31)35/h8-13,16,18,22-24,26,34,36,52H,1,14-15,17,19-21H2,2-7H3,(H,48,50)(H,51,54)(H,56,57)/t24-,26-,34+,36-,41+/m1/s1. The van der Waals surface area contributed by atoms with Gasteiger partial charge < -0.3 is 29.9 Å². The van der Waals surface area contributed by atoms with Crippen LogP contribution in [0.5, 0.6) is 11.5 Å². The van der Waals surface area contributed by atoms with Gasteiger partial charge in [-0.05, 0) is 49.9 Å². The molecule has 1 saturated carbocycles. The van der Waals surface area contributed by atoms with E-state index in [0.717, 1.165) is 23.1 Å². The number of nitrogens with zero attached hydrogens (tertiary/aromatic N) is 3. The third-order valence-corrected chi connectivity index (χ3v) is 15.8. The van der Waals surface area contributed by atoms with Gasteiger partial charge in [0.1, 0.15) is 52.3 Å². The Bertz CT molecular complexity index is 2570. The number of likely N-dealkylation sites (tertiary alicyclic amines) is 1. The van der Waals surface area contributed by atoms with Gasteiger partial charge in [-0.2, -0.15) is 13.2 Å². The van der Waals surface area contributed by atoms with Crippen LogP contribution in [-0.4, -0.2) is 95.1 Å². The summed E-state index contributed by atoms with van der Waals surface area (Å²) in [5.74, 6) is -5.57. The van der Waals surface area contributed by atoms with Crippen LogP contribution in [0.25, 0.3) is 22.3 Å². The first-order chi connectivity index (χ1) is 29.8. The Hall–Kier alpha value is -4.69. The number of nitrogens with one attached hydrogen (secondary N) is 3. The number of pyridine rings is 1. The molecule has 2 aromatic heterocycles. The smallest absolute Gasteiger partial charge is 0.390 e. The summed E-state index contributed by atoms with van der Waals surface area (Å²) < 4.78 is 124. The van der Waals surface area contributed by atoms with Crippen LogP contribution in [0.1, 0.15) is 59.4 Å². The average molecular weight is 957 g/mol. The van der Waals surface area contributed by atoms with Crippen molar-refractivity contribution < 1.29 is 58.9 Å². The molecule has 2 amide bonds. The van der Waals surface area contributed by atoms with E-state index >= 15 is 0 Å². The Morgan fingerprint density at radius 1 is 1.11 bits per heavy atom. The second kappa shape index (κ2) is 18.3. The lowest BCUT2D eigenvalue weighted by Crippen LogP contribution is -2.58. The lowest BCUT2D eigenvalue weighted by atomic mass is 9.86. The number of carbonyl (C=O) groups excluding carboxylic acids is 2. The van der Waals surface area contributed by atoms with Gasteiger partial charge in [-0.3, -0.25) is 14.2 Å². The van der Waals surface area contributed by atoms with E-state index < -0.39 is 106 Å². The van der Waals surface area contributed by atoms with Crippen molar-refractivity contribution in [3.63, 3.8) is 0 Å². The van der Waals surface area contributed by atoms with E-state index in [-0.39, 0.29) is 31.2 Å². The number of benzene rings is 2. The lowest BCUT2D eigenvalue weighted by Gasteiger charge is -2.35. The number of hydrogen-bond donors (Lipinski definition) is 4. The predicted octanol–water partition coefficient (Wildman–Crippen LogP) is 7.59. The van der Waals surface area contributed by atoms with Gasteiger partial charge in [-0.1, -0.05) is 32.9 Å². The molecular formula is C42H50F5N6O8PS2. The number of rotatable bonds is 17. The first-order valence-electron chi connectivity index (χ1n) is 20.2. The van der Waals surface area contributed by atoms with Crippen molar-refractivity contribution in [3.8, 4) is 22.9 Å². The number of fused-ring (bicyclic) bond motifs is 1. The van der Waals surface area contributed by atoms with Crippen molar-refractivity contribution in [2.24, 2.45) is 11.3 Å². The summed E-state index contributed by atoms with van der Waals surface area (Å²) in [6.45, 7) is 11.7. The molecule has 0 spiro atoms. The minimum absolute atomic E-state index is 0.0922. The van der Waals surface area contributed by atoms with Gasteiger partial charge >= 0.3 is 6.18 Å². The molecule has 64 heavy (non-hydrogen) atoms. The van der Waals surface area contributed by atoms with Gasteiger partial charge in [-0.15, -0.1) is 17.9 Å². The molecule has 1 saturated heterocycles. The molecular weight excluding hydrogens is 907 g/mol. The number of alkyl halides is 3. The number of halogens is 5. The van der Waals surface area contributed by atoms with Crippen LogP contribution < -0.4 is 24.8 Å². The van der Waals surface area contributed by atoms with Crippen molar-refractivity contribution in [3.05, 3.63) is 77.7 Å². The molecule has 2 aliphatic rings. The van der Waals surface area contributed by atoms with Crippen LogP contribution in [0.2, 0.25) is 0 Å². The van der Waals surface area contributed by atoms with E-state index in [1.165, 1.54) is 45.3 Å². The molecule has 0 radical (unpaired) electrons. The summed E-state index contributed by atoms with van der Waals surface area (Å²) in [7, 11) is -7.99. The third-order valence-electron chi connectivity index (χ3n) is 11.0. The molecule has 2 aromatic carbocycles. The zero-order valence-corrected chi connectivity index (χ0v) is 38.4. The number of hydrogen-bond acceptors (Lipinski definition) is 11. The van der Waals surface area contributed by atoms with Gasteiger partial charge in [-0.25, -0.2) is 31.9 Å². The number of anilines is 1. The molecule has 1 aliphatic heterocycles. The molecule has 348 valence electrons. The Labute approximate surface area is 371 Å². The maximum Gasteiger partial charge on any atom is 0.390 e. The third kappa shape index (κ3) is 10.9. The summed E-state index contributed by atoms with van der Waals surface area (Å²) in [5.41, 5.74) is -0.591. The van der Waals surface area contributed by atoms with Crippen LogP contribution in [0.4, 0.5) is 27.1 Å². The van der Waals surface area contributed by atoms with Crippen molar-refractivity contribution in [1.82, 2.24) is 24.9 Å². The van der Waals surface area contributed by atoms with Crippen molar-refractivity contribution in [2.75, 3.05) is 24.7 Å². The average Bonchev–Trinajstić information content (AvgIpc) is 3.48. The van der Waals surface area contributed by atoms with Crippen molar-refractivity contribution in [1.29, 1.82) is 0 Å². The molecule has 4 aromatic rings. The second-order valence-electron chi connectivity index (χ2n) is 17.3. The van der Waals surface area contributed by atoms with Crippen LogP contribution in [-0.2, 0) is 30.3 Å². The van der Waals surface area contributed by atoms with Crippen LogP contribution in [0.15, 0.2) is 60.5 Å². The summed E-state index contributed by atoms with van der Waals surface area (Å²) in [5, 5.41) is 6.84. The molecule has 22 heteroatoms. The fourth-order valence-corrected chi connectivity index (χ4v) is 12.3. The molecule has 1 aliphatic carbocycles. The minimum Gasteiger partial charge on any atom is -0.497 e. The monoisotopic (exact) mass is 956 g/mol. The van der Waals surface area contributed by atoms with Gasteiger partial charge in [0, 0.05) is 46.8 Å². The zero-order valence-electron chi connectivity index (χ0n) is 35.8. The Balaban J connectivity index is 1.38. The molecule has 6 atom stereocenters. The topological polar surface area (TPSA) is 189 Å². The maximum absolute atomic E-state index is 14.8.